The third-order valence-electron chi connectivity index (χ3n) is 3.12. The molecule has 0 amide bonds. The van der Waals surface area contributed by atoms with Gasteiger partial charge in [-0.1, -0.05) is 30.3 Å². The molecule has 0 spiro atoms. The van der Waals surface area contributed by atoms with Crippen LogP contribution in [0.15, 0.2) is 54.6 Å². The molecule has 0 aliphatic heterocycles. The standard InChI is InChI=1S/C16H14N2O2/c19-12-16-17-14-8-4-5-9-15(14)18(16)10-11-20-13-6-2-1-3-7-13/h1-9,12H,10-11H2. The molecule has 0 aliphatic rings. The first-order valence-electron chi connectivity index (χ1n) is 6.47. The molecule has 4 heteroatoms. The smallest absolute Gasteiger partial charge is 0.185 e. The van der Waals surface area contributed by atoms with Crippen molar-refractivity contribution in [1.82, 2.24) is 9.55 Å². The van der Waals surface area contributed by atoms with E-state index >= 15 is 0 Å². The fourth-order valence-electron chi connectivity index (χ4n) is 2.19. The molecule has 0 bridgehead atoms. The van der Waals surface area contributed by atoms with Gasteiger partial charge in [-0.05, 0) is 24.3 Å². The Morgan fingerprint density at radius 2 is 1.80 bits per heavy atom. The van der Waals surface area contributed by atoms with E-state index < -0.39 is 0 Å². The minimum absolute atomic E-state index is 0.433. The number of benzene rings is 2. The number of hydrogen-bond donors (Lipinski definition) is 0. The number of nitrogens with zero attached hydrogens (tertiary/aromatic N) is 2. The van der Waals surface area contributed by atoms with Crippen molar-refractivity contribution in [2.75, 3.05) is 6.61 Å². The zero-order chi connectivity index (χ0) is 13.8. The monoisotopic (exact) mass is 266 g/mol. The minimum Gasteiger partial charge on any atom is -0.492 e. The third-order valence-corrected chi connectivity index (χ3v) is 3.12. The van der Waals surface area contributed by atoms with Crippen LogP contribution in [0.2, 0.25) is 0 Å². The zero-order valence-corrected chi connectivity index (χ0v) is 10.9. The van der Waals surface area contributed by atoms with Gasteiger partial charge < -0.3 is 9.30 Å². The summed E-state index contributed by atoms with van der Waals surface area (Å²) < 4.78 is 7.54. The number of fused-ring (bicyclic) bond motifs is 1. The van der Waals surface area contributed by atoms with Crippen LogP contribution in [0, 0.1) is 0 Å². The first-order chi connectivity index (χ1) is 9.88. The average Bonchev–Trinajstić information content (AvgIpc) is 2.87. The summed E-state index contributed by atoms with van der Waals surface area (Å²) >= 11 is 0. The van der Waals surface area contributed by atoms with Crippen LogP contribution in [0.5, 0.6) is 5.75 Å². The topological polar surface area (TPSA) is 44.1 Å². The van der Waals surface area contributed by atoms with Crippen LogP contribution < -0.4 is 4.74 Å². The van der Waals surface area contributed by atoms with Crippen LogP contribution >= 0.6 is 0 Å². The first kappa shape index (κ1) is 12.4. The zero-order valence-electron chi connectivity index (χ0n) is 10.9. The number of imidazole rings is 1. The molecule has 0 saturated carbocycles. The molecule has 1 aromatic heterocycles. The van der Waals surface area contributed by atoms with Crippen molar-refractivity contribution in [3.8, 4) is 5.75 Å². The lowest BCUT2D eigenvalue weighted by Gasteiger charge is -2.08. The highest BCUT2D eigenvalue weighted by Crippen LogP contribution is 2.15. The molecule has 4 nitrogen and oxygen atoms in total. The largest absolute Gasteiger partial charge is 0.492 e. The Kier molecular flexibility index (Phi) is 3.46. The summed E-state index contributed by atoms with van der Waals surface area (Å²) in [6.45, 7) is 1.08. The van der Waals surface area contributed by atoms with Gasteiger partial charge in [0.1, 0.15) is 12.4 Å². The van der Waals surface area contributed by atoms with E-state index in [1.807, 2.05) is 59.2 Å². The Hall–Kier alpha value is -2.62. The van der Waals surface area contributed by atoms with Gasteiger partial charge in [0.25, 0.3) is 0 Å². The highest BCUT2D eigenvalue weighted by atomic mass is 16.5. The second kappa shape index (κ2) is 5.57. The molecular formula is C16H14N2O2. The van der Waals surface area contributed by atoms with Gasteiger partial charge in [-0.3, -0.25) is 4.79 Å². The van der Waals surface area contributed by atoms with E-state index in [0.29, 0.717) is 19.0 Å². The molecule has 20 heavy (non-hydrogen) atoms. The lowest BCUT2D eigenvalue weighted by Crippen LogP contribution is -2.10. The fourth-order valence-corrected chi connectivity index (χ4v) is 2.19. The van der Waals surface area contributed by atoms with Gasteiger partial charge >= 0.3 is 0 Å². The summed E-state index contributed by atoms with van der Waals surface area (Å²) in [5.41, 5.74) is 1.78. The molecule has 0 N–H and O–H groups in total. The van der Waals surface area contributed by atoms with E-state index in [-0.39, 0.29) is 0 Å². The normalized spacial score (nSPS) is 10.6. The van der Waals surface area contributed by atoms with Crippen molar-refractivity contribution >= 4 is 17.3 Å². The molecule has 0 aliphatic carbocycles. The van der Waals surface area contributed by atoms with Crippen LogP contribution in [0.3, 0.4) is 0 Å². The summed E-state index contributed by atoms with van der Waals surface area (Å²) in [4.78, 5) is 15.4. The quantitative estimate of drug-likeness (QED) is 0.667. The second-order valence-electron chi connectivity index (χ2n) is 4.39. The van der Waals surface area contributed by atoms with E-state index in [0.717, 1.165) is 23.1 Å². The molecule has 3 rings (SSSR count). The molecule has 100 valence electrons. The highest BCUT2D eigenvalue weighted by Gasteiger charge is 2.09. The lowest BCUT2D eigenvalue weighted by molar-refractivity contribution is 0.111. The van der Waals surface area contributed by atoms with E-state index in [4.69, 9.17) is 4.74 Å². The SMILES string of the molecule is O=Cc1nc2ccccc2n1CCOc1ccccc1. The van der Waals surface area contributed by atoms with Gasteiger partial charge in [0.2, 0.25) is 0 Å². The molecule has 1 heterocycles. The number of aldehydes is 1. The van der Waals surface area contributed by atoms with Gasteiger partial charge in [-0.15, -0.1) is 0 Å². The summed E-state index contributed by atoms with van der Waals surface area (Å²) in [5, 5.41) is 0. The molecule has 0 fully saturated rings. The Morgan fingerprint density at radius 3 is 2.60 bits per heavy atom. The highest BCUT2D eigenvalue weighted by molar-refractivity contribution is 5.82. The summed E-state index contributed by atoms with van der Waals surface area (Å²) in [6.07, 6.45) is 0.780. The predicted molar refractivity (Wildman–Crippen MR) is 77.1 cm³/mol. The van der Waals surface area contributed by atoms with Crippen LogP contribution in [-0.2, 0) is 6.54 Å². The van der Waals surface area contributed by atoms with Crippen molar-refractivity contribution in [3.05, 3.63) is 60.4 Å². The summed E-state index contributed by atoms with van der Waals surface area (Å²) in [7, 11) is 0. The van der Waals surface area contributed by atoms with Crippen molar-refractivity contribution in [3.63, 3.8) is 0 Å². The molecular weight excluding hydrogens is 252 g/mol. The molecule has 0 radical (unpaired) electrons. The number of para-hydroxylation sites is 3. The van der Waals surface area contributed by atoms with E-state index in [1.54, 1.807) is 0 Å². The molecule has 0 saturated heterocycles. The molecule has 3 aromatic rings. The Balaban J connectivity index is 1.78. The van der Waals surface area contributed by atoms with Crippen molar-refractivity contribution in [1.29, 1.82) is 0 Å². The predicted octanol–water partition coefficient (Wildman–Crippen LogP) is 2.93. The second-order valence-corrected chi connectivity index (χ2v) is 4.39. The average molecular weight is 266 g/mol. The van der Waals surface area contributed by atoms with Crippen LogP contribution in [0.4, 0.5) is 0 Å². The number of aromatic nitrogens is 2. The van der Waals surface area contributed by atoms with Crippen molar-refractivity contribution in [2.45, 2.75) is 6.54 Å². The third kappa shape index (κ3) is 2.40. The van der Waals surface area contributed by atoms with E-state index in [1.165, 1.54) is 0 Å². The van der Waals surface area contributed by atoms with Crippen LogP contribution in [0.25, 0.3) is 11.0 Å². The van der Waals surface area contributed by atoms with Gasteiger partial charge in [0, 0.05) is 0 Å². The Bertz CT molecular complexity index is 720. The van der Waals surface area contributed by atoms with E-state index in [9.17, 15) is 4.79 Å². The van der Waals surface area contributed by atoms with Gasteiger partial charge in [-0.25, -0.2) is 4.98 Å². The maximum Gasteiger partial charge on any atom is 0.185 e. The minimum atomic E-state index is 0.433. The lowest BCUT2D eigenvalue weighted by atomic mass is 10.3. The Morgan fingerprint density at radius 1 is 1.05 bits per heavy atom. The van der Waals surface area contributed by atoms with Crippen LogP contribution in [-0.4, -0.2) is 22.4 Å². The fraction of sp³-hybridized carbons (Fsp3) is 0.125. The first-order valence-corrected chi connectivity index (χ1v) is 6.47. The molecule has 2 aromatic carbocycles. The summed E-state index contributed by atoms with van der Waals surface area (Å²) in [6, 6.07) is 17.3. The number of carbonyl (C=O) groups is 1. The van der Waals surface area contributed by atoms with E-state index in [2.05, 4.69) is 4.98 Å². The number of carbonyl (C=O) groups excluding carboxylic acids is 1. The van der Waals surface area contributed by atoms with Gasteiger partial charge in [0.15, 0.2) is 12.1 Å². The maximum atomic E-state index is 11.1. The Labute approximate surface area is 116 Å². The number of hydrogen-bond acceptors (Lipinski definition) is 3. The van der Waals surface area contributed by atoms with Gasteiger partial charge in [-0.2, -0.15) is 0 Å². The van der Waals surface area contributed by atoms with Gasteiger partial charge in [0.05, 0.1) is 17.6 Å². The molecule has 0 atom stereocenters. The number of rotatable bonds is 5. The molecule has 0 unspecified atom stereocenters. The van der Waals surface area contributed by atoms with Crippen molar-refractivity contribution in [2.24, 2.45) is 0 Å². The summed E-state index contributed by atoms with van der Waals surface area (Å²) in [5.74, 6) is 1.26. The van der Waals surface area contributed by atoms with Crippen LogP contribution in [0.1, 0.15) is 10.6 Å². The maximum absolute atomic E-state index is 11.1. The number of ether oxygens (including phenoxy) is 1. The van der Waals surface area contributed by atoms with Crippen molar-refractivity contribution < 1.29 is 9.53 Å².